The second-order valence-corrected chi connectivity index (χ2v) is 18.4. The summed E-state index contributed by atoms with van der Waals surface area (Å²) < 4.78 is 0. The van der Waals surface area contributed by atoms with Crippen LogP contribution in [-0.2, 0) is 21.4 Å². The van der Waals surface area contributed by atoms with Crippen molar-refractivity contribution in [1.82, 2.24) is 10.3 Å². The van der Waals surface area contributed by atoms with Gasteiger partial charge in [-0.3, -0.25) is 9.59 Å². The van der Waals surface area contributed by atoms with E-state index < -0.39 is 17.4 Å². The number of carbonyl (C=O) groups is 2. The molecule has 5 nitrogen and oxygen atoms in total. The third-order valence-corrected chi connectivity index (χ3v) is 15.2. The zero-order valence-electron chi connectivity index (χ0n) is 28.6. The molecule has 7 rings (SSSR count). The first-order valence-electron chi connectivity index (χ1n) is 17.4. The van der Waals surface area contributed by atoms with Crippen LogP contribution in [0.15, 0.2) is 29.8 Å². The Morgan fingerprint density at radius 1 is 1.00 bits per heavy atom. The van der Waals surface area contributed by atoms with Crippen molar-refractivity contribution in [1.29, 1.82) is 0 Å². The molecular formula is C39H53ClN2O3. The van der Waals surface area contributed by atoms with Gasteiger partial charge in [0.2, 0.25) is 5.91 Å². The predicted molar refractivity (Wildman–Crippen MR) is 181 cm³/mol. The highest BCUT2D eigenvalue weighted by molar-refractivity contribution is 6.31. The molecule has 3 fully saturated rings. The van der Waals surface area contributed by atoms with Crippen molar-refractivity contribution in [3.63, 3.8) is 0 Å². The SMILES string of the molecule is C[C@H](NC(=O)[C@]12CCC(C)(C)C[C@H]1C1=CC[C@@H]3[C@@]4(C)Cc5c([nH]c6ccc(Cl)cc56)C(C)(C)[C@@H]4CC[C@@]3(C)[C@]1(C)CC2)C(=O)O. The molecule has 0 saturated heterocycles. The monoisotopic (exact) mass is 632 g/mol. The molecule has 3 N–H and O–H groups in total. The van der Waals surface area contributed by atoms with Gasteiger partial charge in [-0.05, 0) is 128 Å². The van der Waals surface area contributed by atoms with Gasteiger partial charge < -0.3 is 15.4 Å². The van der Waals surface area contributed by atoms with Gasteiger partial charge in [-0.15, -0.1) is 0 Å². The van der Waals surface area contributed by atoms with Gasteiger partial charge in [0.1, 0.15) is 6.04 Å². The summed E-state index contributed by atoms with van der Waals surface area (Å²) in [5.74, 6) is 0.232. The Bertz CT molecular complexity index is 1640. The lowest BCUT2D eigenvalue weighted by Crippen LogP contribution is -2.65. The zero-order valence-corrected chi connectivity index (χ0v) is 29.4. The Morgan fingerprint density at radius 2 is 1.71 bits per heavy atom. The number of allylic oxidation sites excluding steroid dienone is 2. The van der Waals surface area contributed by atoms with Gasteiger partial charge in [-0.25, -0.2) is 0 Å². The lowest BCUT2D eigenvalue weighted by atomic mass is 9.33. The summed E-state index contributed by atoms with van der Waals surface area (Å²) >= 11 is 6.56. The number of benzene rings is 1. The van der Waals surface area contributed by atoms with E-state index in [9.17, 15) is 14.7 Å². The third kappa shape index (κ3) is 4.10. The van der Waals surface area contributed by atoms with Crippen molar-refractivity contribution in [2.45, 2.75) is 125 Å². The molecule has 0 bridgehead atoms. The highest BCUT2D eigenvalue weighted by Gasteiger charge is 2.69. The van der Waals surface area contributed by atoms with Gasteiger partial charge in [0.05, 0.1) is 5.41 Å². The third-order valence-electron chi connectivity index (χ3n) is 15.0. The number of fused-ring (bicyclic) bond motifs is 10. The molecule has 1 amide bonds. The number of amides is 1. The van der Waals surface area contributed by atoms with Crippen molar-refractivity contribution in [2.75, 3.05) is 0 Å². The molecule has 0 unspecified atom stereocenters. The number of carbonyl (C=O) groups excluding carboxylic acids is 1. The van der Waals surface area contributed by atoms with Crippen molar-refractivity contribution < 1.29 is 14.7 Å². The second kappa shape index (κ2) is 9.64. The average molecular weight is 633 g/mol. The number of carboxylic acid groups (broad SMARTS) is 1. The fourth-order valence-corrected chi connectivity index (χ4v) is 12.5. The molecule has 5 aliphatic carbocycles. The molecule has 244 valence electrons. The van der Waals surface area contributed by atoms with E-state index in [2.05, 4.69) is 77.0 Å². The van der Waals surface area contributed by atoms with Crippen LogP contribution in [-0.4, -0.2) is 28.0 Å². The molecule has 2 aromatic rings. The first-order valence-corrected chi connectivity index (χ1v) is 17.8. The maximum absolute atomic E-state index is 14.1. The molecule has 8 atom stereocenters. The van der Waals surface area contributed by atoms with Crippen LogP contribution in [0.3, 0.4) is 0 Å². The van der Waals surface area contributed by atoms with Gasteiger partial charge in [0.25, 0.3) is 0 Å². The highest BCUT2D eigenvalue weighted by atomic mass is 35.5. The van der Waals surface area contributed by atoms with Crippen LogP contribution in [0, 0.1) is 44.8 Å². The summed E-state index contributed by atoms with van der Waals surface area (Å²) in [7, 11) is 0. The first kappa shape index (κ1) is 31.3. The lowest BCUT2D eigenvalue weighted by Gasteiger charge is -2.70. The summed E-state index contributed by atoms with van der Waals surface area (Å²) in [6.45, 7) is 19.0. The van der Waals surface area contributed by atoms with Crippen molar-refractivity contribution in [2.24, 2.45) is 44.8 Å². The Hall–Kier alpha value is -2.27. The van der Waals surface area contributed by atoms with Gasteiger partial charge in [0, 0.05) is 27.0 Å². The molecule has 5 aliphatic rings. The van der Waals surface area contributed by atoms with E-state index in [-0.39, 0.29) is 38.9 Å². The number of carboxylic acids is 1. The Kier molecular flexibility index (Phi) is 6.71. The van der Waals surface area contributed by atoms with E-state index in [0.717, 1.165) is 50.0 Å². The van der Waals surface area contributed by atoms with Gasteiger partial charge in [-0.1, -0.05) is 71.7 Å². The second-order valence-electron chi connectivity index (χ2n) is 18.0. The Balaban J connectivity index is 1.32. The fourth-order valence-electron chi connectivity index (χ4n) is 12.4. The van der Waals surface area contributed by atoms with Crippen LogP contribution in [0.25, 0.3) is 10.9 Å². The predicted octanol–water partition coefficient (Wildman–Crippen LogP) is 9.23. The Morgan fingerprint density at radius 3 is 2.42 bits per heavy atom. The van der Waals surface area contributed by atoms with Crippen molar-refractivity contribution >= 4 is 34.4 Å². The van der Waals surface area contributed by atoms with Gasteiger partial charge in [0.15, 0.2) is 0 Å². The van der Waals surface area contributed by atoms with E-state index in [4.69, 9.17) is 11.6 Å². The van der Waals surface area contributed by atoms with Crippen LogP contribution in [0.4, 0.5) is 0 Å². The number of aromatic nitrogens is 1. The summed E-state index contributed by atoms with van der Waals surface area (Å²) in [5.41, 5.74) is 5.44. The highest BCUT2D eigenvalue weighted by Crippen LogP contribution is 2.75. The Labute approximate surface area is 274 Å². The minimum Gasteiger partial charge on any atom is -0.480 e. The fraction of sp³-hybridized carbons (Fsp3) is 0.692. The molecule has 45 heavy (non-hydrogen) atoms. The quantitative estimate of drug-likeness (QED) is 0.295. The minimum atomic E-state index is -0.971. The van der Waals surface area contributed by atoms with Crippen LogP contribution in [0.1, 0.15) is 118 Å². The number of nitrogens with one attached hydrogen (secondary N) is 2. The summed E-state index contributed by atoms with van der Waals surface area (Å²) in [4.78, 5) is 29.7. The largest absolute Gasteiger partial charge is 0.480 e. The number of aromatic amines is 1. The number of halogens is 1. The van der Waals surface area contributed by atoms with Crippen LogP contribution in [0.2, 0.25) is 5.02 Å². The molecular weight excluding hydrogens is 580 g/mol. The van der Waals surface area contributed by atoms with E-state index in [1.165, 1.54) is 40.6 Å². The minimum absolute atomic E-state index is 0.00187. The number of aliphatic carboxylic acids is 1. The molecule has 1 aromatic carbocycles. The van der Waals surface area contributed by atoms with Crippen molar-refractivity contribution in [3.8, 4) is 0 Å². The van der Waals surface area contributed by atoms with E-state index in [0.29, 0.717) is 11.8 Å². The van der Waals surface area contributed by atoms with Crippen LogP contribution in [0.5, 0.6) is 0 Å². The molecule has 0 radical (unpaired) electrons. The lowest BCUT2D eigenvalue weighted by molar-refractivity contribution is -0.168. The zero-order chi connectivity index (χ0) is 32.5. The van der Waals surface area contributed by atoms with Crippen molar-refractivity contribution in [3.05, 3.63) is 46.1 Å². The number of hydrogen-bond acceptors (Lipinski definition) is 2. The number of rotatable bonds is 3. The number of hydrogen-bond donors (Lipinski definition) is 3. The molecule has 3 saturated carbocycles. The summed E-state index contributed by atoms with van der Waals surface area (Å²) in [6, 6.07) is 5.42. The van der Waals surface area contributed by atoms with Gasteiger partial charge in [-0.2, -0.15) is 0 Å². The van der Waals surface area contributed by atoms with Crippen LogP contribution >= 0.6 is 11.6 Å². The average Bonchev–Trinajstić information content (AvgIpc) is 3.31. The molecule has 1 aromatic heterocycles. The van der Waals surface area contributed by atoms with E-state index in [1.807, 2.05) is 6.07 Å². The maximum Gasteiger partial charge on any atom is 0.325 e. The normalized spacial score (nSPS) is 40.1. The van der Waals surface area contributed by atoms with E-state index in [1.54, 1.807) is 6.92 Å². The van der Waals surface area contributed by atoms with Gasteiger partial charge >= 0.3 is 5.97 Å². The molecule has 0 aliphatic heterocycles. The van der Waals surface area contributed by atoms with Crippen LogP contribution < -0.4 is 5.32 Å². The summed E-state index contributed by atoms with van der Waals surface area (Å²) in [5, 5.41) is 14.7. The smallest absolute Gasteiger partial charge is 0.325 e. The maximum atomic E-state index is 14.1. The van der Waals surface area contributed by atoms with E-state index >= 15 is 0 Å². The topological polar surface area (TPSA) is 82.2 Å². The first-order chi connectivity index (χ1) is 20.9. The summed E-state index contributed by atoms with van der Waals surface area (Å²) in [6.07, 6.45) is 11.7. The molecule has 6 heteroatoms. The molecule has 1 heterocycles. The molecule has 0 spiro atoms. The number of H-pyrrole nitrogens is 1. The standard InChI is InChI=1S/C39H53ClN2O3/c1-22(32(43)44)41-33(45)39-17-15-34(2,3)21-27(39)26-10-12-30-36(6)20-25-24-19-23(40)9-11-28(24)42-31(25)35(4,5)29(36)13-14-38(30,8)37(26,7)16-18-39/h9-11,19,22,27,29-30,42H,12-18,20-21H2,1-8H3,(H,41,45)(H,43,44)/t22-,27-,29-,30+,36-,37+,38+,39-/m0/s1.